The second kappa shape index (κ2) is 6.71. The number of Topliss-reactive ketones (excluding diaryl/α,β-unsaturated/α-hetero) is 1. The van der Waals surface area contributed by atoms with Crippen molar-refractivity contribution in [3.8, 4) is 0 Å². The van der Waals surface area contributed by atoms with Crippen LogP contribution in [0.1, 0.15) is 21.7 Å². The highest BCUT2D eigenvalue weighted by molar-refractivity contribution is 5.96. The number of carbonyl (C=O) groups excluding carboxylic acids is 1. The SMILES string of the molecule is COCCn1cnc2ccc(CC(=O)c3cccc(C)n3)cc21. The number of methoxy groups -OCH3 is 1. The second-order valence-electron chi connectivity index (χ2n) is 5.52. The lowest BCUT2D eigenvalue weighted by Gasteiger charge is -2.05. The van der Waals surface area contributed by atoms with Crippen LogP contribution in [0.5, 0.6) is 0 Å². The molecule has 1 aromatic carbocycles. The summed E-state index contributed by atoms with van der Waals surface area (Å²) in [5.74, 6) is 0.0241. The number of ketones is 1. The van der Waals surface area contributed by atoms with Crippen LogP contribution in [0.3, 0.4) is 0 Å². The van der Waals surface area contributed by atoms with Gasteiger partial charge in [0.05, 0.1) is 24.0 Å². The van der Waals surface area contributed by atoms with Gasteiger partial charge in [0.1, 0.15) is 5.69 Å². The molecule has 0 aliphatic heterocycles. The van der Waals surface area contributed by atoms with Gasteiger partial charge < -0.3 is 9.30 Å². The minimum atomic E-state index is 0.0241. The number of rotatable bonds is 6. The Labute approximate surface area is 134 Å². The van der Waals surface area contributed by atoms with Gasteiger partial charge >= 0.3 is 0 Å². The third kappa shape index (κ3) is 3.46. The zero-order valence-electron chi connectivity index (χ0n) is 13.3. The number of pyridine rings is 1. The molecule has 0 saturated heterocycles. The maximum absolute atomic E-state index is 12.4. The Kier molecular flexibility index (Phi) is 4.48. The van der Waals surface area contributed by atoms with E-state index in [-0.39, 0.29) is 5.78 Å². The molecule has 0 atom stereocenters. The molecule has 0 bridgehead atoms. The normalized spacial score (nSPS) is 11.0. The number of nitrogens with zero attached hydrogens (tertiary/aromatic N) is 3. The molecule has 23 heavy (non-hydrogen) atoms. The molecular weight excluding hydrogens is 290 g/mol. The topological polar surface area (TPSA) is 57.0 Å². The van der Waals surface area contributed by atoms with Crippen molar-refractivity contribution in [3.63, 3.8) is 0 Å². The predicted octanol–water partition coefficient (Wildman–Crippen LogP) is 2.81. The van der Waals surface area contributed by atoms with Gasteiger partial charge in [-0.1, -0.05) is 12.1 Å². The number of benzene rings is 1. The molecule has 2 heterocycles. The van der Waals surface area contributed by atoms with E-state index in [9.17, 15) is 4.79 Å². The highest BCUT2D eigenvalue weighted by Crippen LogP contribution is 2.16. The van der Waals surface area contributed by atoms with Crippen molar-refractivity contribution in [2.24, 2.45) is 0 Å². The van der Waals surface area contributed by atoms with E-state index in [4.69, 9.17) is 4.74 Å². The van der Waals surface area contributed by atoms with Crippen LogP contribution in [0.25, 0.3) is 11.0 Å². The first kappa shape index (κ1) is 15.4. The van der Waals surface area contributed by atoms with E-state index in [0.717, 1.165) is 28.8 Å². The van der Waals surface area contributed by atoms with E-state index in [2.05, 4.69) is 9.97 Å². The number of aromatic nitrogens is 3. The predicted molar refractivity (Wildman–Crippen MR) is 88.6 cm³/mol. The summed E-state index contributed by atoms with van der Waals surface area (Å²) in [7, 11) is 1.68. The van der Waals surface area contributed by atoms with Gasteiger partial charge in [-0.05, 0) is 36.8 Å². The van der Waals surface area contributed by atoms with Crippen molar-refractivity contribution in [1.82, 2.24) is 14.5 Å². The van der Waals surface area contributed by atoms with Gasteiger partial charge in [0.2, 0.25) is 0 Å². The Morgan fingerprint density at radius 3 is 2.91 bits per heavy atom. The Bertz CT molecular complexity index is 839. The average molecular weight is 309 g/mol. The van der Waals surface area contributed by atoms with Crippen LogP contribution >= 0.6 is 0 Å². The van der Waals surface area contributed by atoms with Crippen molar-refractivity contribution in [2.45, 2.75) is 19.9 Å². The fraction of sp³-hybridized carbons (Fsp3) is 0.278. The molecule has 0 saturated carbocycles. The highest BCUT2D eigenvalue weighted by atomic mass is 16.5. The minimum absolute atomic E-state index is 0.0241. The third-order valence-corrected chi connectivity index (χ3v) is 3.76. The Balaban J connectivity index is 1.83. The summed E-state index contributed by atoms with van der Waals surface area (Å²) < 4.78 is 7.16. The quantitative estimate of drug-likeness (QED) is 0.657. The molecule has 5 heteroatoms. The molecule has 3 rings (SSSR count). The van der Waals surface area contributed by atoms with Crippen molar-refractivity contribution >= 4 is 16.8 Å². The van der Waals surface area contributed by atoms with Gasteiger partial charge in [-0.2, -0.15) is 0 Å². The lowest BCUT2D eigenvalue weighted by Crippen LogP contribution is -2.07. The van der Waals surface area contributed by atoms with Crippen LogP contribution < -0.4 is 0 Å². The van der Waals surface area contributed by atoms with Crippen molar-refractivity contribution in [1.29, 1.82) is 0 Å². The van der Waals surface area contributed by atoms with E-state index < -0.39 is 0 Å². The molecule has 2 aromatic heterocycles. The largest absolute Gasteiger partial charge is 0.383 e. The van der Waals surface area contributed by atoms with Gasteiger partial charge in [0.15, 0.2) is 5.78 Å². The molecule has 0 radical (unpaired) electrons. The molecular formula is C18H19N3O2. The van der Waals surface area contributed by atoms with E-state index in [1.165, 1.54) is 0 Å². The van der Waals surface area contributed by atoms with E-state index in [1.807, 2.05) is 41.8 Å². The number of hydrogen-bond acceptors (Lipinski definition) is 4. The molecule has 5 nitrogen and oxygen atoms in total. The van der Waals surface area contributed by atoms with Crippen LogP contribution in [0, 0.1) is 6.92 Å². The minimum Gasteiger partial charge on any atom is -0.383 e. The lowest BCUT2D eigenvalue weighted by atomic mass is 10.1. The van der Waals surface area contributed by atoms with E-state index >= 15 is 0 Å². The molecule has 118 valence electrons. The highest BCUT2D eigenvalue weighted by Gasteiger charge is 2.10. The van der Waals surface area contributed by atoms with Crippen LogP contribution in [-0.2, 0) is 17.7 Å². The summed E-state index contributed by atoms with van der Waals surface area (Å²) >= 11 is 0. The maximum Gasteiger partial charge on any atom is 0.185 e. The van der Waals surface area contributed by atoms with Crippen LogP contribution in [0.2, 0.25) is 0 Å². The maximum atomic E-state index is 12.4. The average Bonchev–Trinajstić information content (AvgIpc) is 2.95. The molecule has 0 fully saturated rings. The van der Waals surface area contributed by atoms with Crippen molar-refractivity contribution < 1.29 is 9.53 Å². The molecule has 0 aliphatic carbocycles. The Hall–Kier alpha value is -2.53. The number of hydrogen-bond donors (Lipinski definition) is 0. The Morgan fingerprint density at radius 2 is 2.13 bits per heavy atom. The molecule has 0 amide bonds. The summed E-state index contributed by atoms with van der Waals surface area (Å²) in [5, 5.41) is 0. The molecule has 0 aliphatic rings. The summed E-state index contributed by atoms with van der Waals surface area (Å²) in [6.07, 6.45) is 2.14. The molecule has 0 spiro atoms. The zero-order valence-corrected chi connectivity index (χ0v) is 13.3. The van der Waals surface area contributed by atoms with Gasteiger partial charge in [-0.3, -0.25) is 9.78 Å². The summed E-state index contributed by atoms with van der Waals surface area (Å²) in [5.41, 5.74) is 4.27. The van der Waals surface area contributed by atoms with Crippen LogP contribution in [-0.4, -0.2) is 34.0 Å². The van der Waals surface area contributed by atoms with Gasteiger partial charge in [-0.25, -0.2) is 4.98 Å². The smallest absolute Gasteiger partial charge is 0.185 e. The standard InChI is InChI=1S/C18H19N3O2/c1-13-4-3-5-16(20-13)18(22)11-14-6-7-15-17(10-14)21(12-19-15)8-9-23-2/h3-7,10,12H,8-9,11H2,1-2H3. The summed E-state index contributed by atoms with van der Waals surface area (Å²) in [6.45, 7) is 3.25. The number of ether oxygens (including phenoxy) is 1. The van der Waals surface area contributed by atoms with Gasteiger partial charge in [0, 0.05) is 25.8 Å². The first-order chi connectivity index (χ1) is 11.2. The van der Waals surface area contributed by atoms with E-state index in [0.29, 0.717) is 18.7 Å². The first-order valence-corrected chi connectivity index (χ1v) is 7.57. The fourth-order valence-corrected chi connectivity index (χ4v) is 2.55. The number of aryl methyl sites for hydroxylation is 1. The summed E-state index contributed by atoms with van der Waals surface area (Å²) in [6, 6.07) is 11.4. The van der Waals surface area contributed by atoms with Crippen molar-refractivity contribution in [2.75, 3.05) is 13.7 Å². The summed E-state index contributed by atoms with van der Waals surface area (Å²) in [4.78, 5) is 21.1. The van der Waals surface area contributed by atoms with Crippen LogP contribution in [0.15, 0.2) is 42.7 Å². The number of carbonyl (C=O) groups is 1. The van der Waals surface area contributed by atoms with Gasteiger partial charge in [0.25, 0.3) is 0 Å². The fourth-order valence-electron chi connectivity index (χ4n) is 2.55. The number of imidazole rings is 1. The Morgan fingerprint density at radius 1 is 1.26 bits per heavy atom. The second-order valence-corrected chi connectivity index (χ2v) is 5.52. The monoisotopic (exact) mass is 309 g/mol. The third-order valence-electron chi connectivity index (χ3n) is 3.76. The molecule has 0 N–H and O–H groups in total. The number of fused-ring (bicyclic) bond motifs is 1. The molecule has 3 aromatic rings. The molecule has 0 unspecified atom stereocenters. The van der Waals surface area contributed by atoms with Crippen LogP contribution in [0.4, 0.5) is 0 Å². The van der Waals surface area contributed by atoms with Crippen molar-refractivity contribution in [3.05, 3.63) is 59.7 Å². The van der Waals surface area contributed by atoms with E-state index in [1.54, 1.807) is 19.5 Å². The zero-order chi connectivity index (χ0) is 16.2. The first-order valence-electron chi connectivity index (χ1n) is 7.57. The van der Waals surface area contributed by atoms with Gasteiger partial charge in [-0.15, -0.1) is 0 Å². The lowest BCUT2D eigenvalue weighted by molar-refractivity contribution is 0.0988.